The van der Waals surface area contributed by atoms with Crippen LogP contribution in [0.25, 0.3) is 0 Å². The van der Waals surface area contributed by atoms with Crippen LogP contribution < -0.4 is 5.76 Å². The number of hydrogen-bond donors (Lipinski definition) is 0. The molecule has 9 heteroatoms. The average Bonchev–Trinajstić information content (AvgIpc) is 2.91. The van der Waals surface area contributed by atoms with Crippen molar-refractivity contribution in [3.05, 3.63) is 51.8 Å². The first-order chi connectivity index (χ1) is 10.5. The van der Waals surface area contributed by atoms with Gasteiger partial charge in [-0.25, -0.2) is 9.59 Å². The number of hydrogen-bond acceptors (Lipinski definition) is 7. The fourth-order valence-corrected chi connectivity index (χ4v) is 2.01. The van der Waals surface area contributed by atoms with E-state index in [0.717, 1.165) is 4.68 Å². The largest absolute Gasteiger partial charge is 0.437 e. The fraction of sp³-hybridized carbons (Fsp3) is 0.154. The molecule has 0 atom stereocenters. The van der Waals surface area contributed by atoms with Crippen LogP contribution >= 0.6 is 0 Å². The summed E-state index contributed by atoms with van der Waals surface area (Å²) in [4.78, 5) is 51.8. The number of amides is 2. The van der Waals surface area contributed by atoms with Crippen LogP contribution in [0.3, 0.4) is 0 Å². The van der Waals surface area contributed by atoms with Gasteiger partial charge in [-0.15, -0.1) is 5.10 Å². The number of aromatic nitrogens is 2. The summed E-state index contributed by atoms with van der Waals surface area (Å²) in [6.45, 7) is 0.858. The molecule has 2 heterocycles. The zero-order valence-corrected chi connectivity index (χ0v) is 11.3. The van der Waals surface area contributed by atoms with Crippen molar-refractivity contribution in [1.82, 2.24) is 14.8 Å². The van der Waals surface area contributed by atoms with Crippen LogP contribution in [0.1, 0.15) is 26.6 Å². The summed E-state index contributed by atoms with van der Waals surface area (Å²) < 4.78 is 5.35. The molecular weight excluding hydrogens is 294 g/mol. The number of carbonyl (C=O) groups is 3. The first-order valence-corrected chi connectivity index (χ1v) is 6.20. The number of imide groups is 1. The Morgan fingerprint density at radius 2 is 1.77 bits per heavy atom. The molecule has 0 spiro atoms. The van der Waals surface area contributed by atoms with Crippen LogP contribution in [0.15, 0.2) is 33.5 Å². The third-order valence-electron chi connectivity index (χ3n) is 2.94. The van der Waals surface area contributed by atoms with Crippen molar-refractivity contribution in [3.8, 4) is 0 Å². The van der Waals surface area contributed by atoms with E-state index >= 15 is 0 Å². The number of carbonyl (C=O) groups excluding carboxylic acids is 3. The SMILES string of the molecule is Cc1nn(CC(=O)ON2C(=O)c3ccccc3C2=O)c(=O)o1. The predicted octanol–water partition coefficient (Wildman–Crippen LogP) is -0.101. The third kappa shape index (κ3) is 2.18. The predicted molar refractivity (Wildman–Crippen MR) is 68.5 cm³/mol. The van der Waals surface area contributed by atoms with Crippen molar-refractivity contribution >= 4 is 17.8 Å². The first kappa shape index (κ1) is 13.7. The highest BCUT2D eigenvalue weighted by atomic mass is 16.7. The monoisotopic (exact) mass is 303 g/mol. The molecule has 112 valence electrons. The van der Waals surface area contributed by atoms with E-state index in [2.05, 4.69) is 9.52 Å². The normalized spacial score (nSPS) is 13.4. The Labute approximate surface area is 122 Å². The van der Waals surface area contributed by atoms with Crippen LogP contribution in [0, 0.1) is 6.92 Å². The van der Waals surface area contributed by atoms with Crippen molar-refractivity contribution < 1.29 is 23.6 Å². The summed E-state index contributed by atoms with van der Waals surface area (Å²) in [6, 6.07) is 6.09. The van der Waals surface area contributed by atoms with Gasteiger partial charge in [0.25, 0.3) is 11.8 Å². The van der Waals surface area contributed by atoms with E-state index in [1.807, 2.05) is 0 Å². The standard InChI is InChI=1S/C13H9N3O6/c1-7-14-15(13(20)21-7)6-10(17)22-16-11(18)8-4-2-3-5-9(8)12(16)19/h2-5H,6H2,1H3. The van der Waals surface area contributed by atoms with E-state index in [-0.39, 0.29) is 17.0 Å². The Bertz CT molecular complexity index is 814. The molecule has 0 unspecified atom stereocenters. The average molecular weight is 303 g/mol. The van der Waals surface area contributed by atoms with Crippen LogP contribution in [0.2, 0.25) is 0 Å². The lowest BCUT2D eigenvalue weighted by Gasteiger charge is -2.12. The second kappa shape index (κ2) is 4.95. The first-order valence-electron chi connectivity index (χ1n) is 6.20. The highest BCUT2D eigenvalue weighted by Gasteiger charge is 2.38. The Morgan fingerprint density at radius 1 is 1.18 bits per heavy atom. The summed E-state index contributed by atoms with van der Waals surface area (Å²) in [5.41, 5.74) is 0.296. The fourth-order valence-electron chi connectivity index (χ4n) is 2.01. The van der Waals surface area contributed by atoms with Gasteiger partial charge in [0.2, 0.25) is 5.89 Å². The molecule has 3 rings (SSSR count). The van der Waals surface area contributed by atoms with Gasteiger partial charge in [-0.1, -0.05) is 17.2 Å². The minimum Gasteiger partial charge on any atom is -0.393 e. The highest BCUT2D eigenvalue weighted by Crippen LogP contribution is 2.22. The topological polar surface area (TPSA) is 112 Å². The quantitative estimate of drug-likeness (QED) is 0.728. The molecule has 0 fully saturated rings. The minimum absolute atomic E-state index is 0.0820. The number of nitrogens with zero attached hydrogens (tertiary/aromatic N) is 3. The molecule has 2 amide bonds. The molecule has 0 saturated heterocycles. The van der Waals surface area contributed by atoms with Crippen molar-refractivity contribution in [1.29, 1.82) is 0 Å². The number of aryl methyl sites for hydroxylation is 1. The van der Waals surface area contributed by atoms with Gasteiger partial charge < -0.3 is 9.25 Å². The molecule has 0 aliphatic carbocycles. The van der Waals surface area contributed by atoms with E-state index in [1.165, 1.54) is 19.1 Å². The molecule has 0 radical (unpaired) electrons. The lowest BCUT2D eigenvalue weighted by Crippen LogP contribution is -2.35. The zero-order chi connectivity index (χ0) is 15.9. The van der Waals surface area contributed by atoms with Gasteiger partial charge in [-0.3, -0.25) is 9.59 Å². The van der Waals surface area contributed by atoms with E-state index in [4.69, 9.17) is 4.84 Å². The van der Waals surface area contributed by atoms with Crippen LogP contribution in [-0.2, 0) is 16.2 Å². The molecule has 1 aromatic heterocycles. The molecule has 0 N–H and O–H groups in total. The van der Waals surface area contributed by atoms with Crippen LogP contribution in [0.4, 0.5) is 0 Å². The summed E-state index contributed by atoms with van der Waals surface area (Å²) >= 11 is 0. The smallest absolute Gasteiger partial charge is 0.393 e. The maximum absolute atomic E-state index is 12.0. The number of hydroxylamine groups is 2. The van der Waals surface area contributed by atoms with Crippen molar-refractivity contribution in [2.45, 2.75) is 13.5 Å². The molecule has 9 nitrogen and oxygen atoms in total. The summed E-state index contributed by atoms with van der Waals surface area (Å²) in [7, 11) is 0. The lowest BCUT2D eigenvalue weighted by molar-refractivity contribution is -0.169. The van der Waals surface area contributed by atoms with Gasteiger partial charge in [-0.05, 0) is 12.1 Å². The van der Waals surface area contributed by atoms with Crippen molar-refractivity contribution in [2.75, 3.05) is 0 Å². The molecule has 0 bridgehead atoms. The number of rotatable bonds is 3. The maximum atomic E-state index is 12.0. The van der Waals surface area contributed by atoms with Gasteiger partial charge in [0.05, 0.1) is 11.1 Å². The van der Waals surface area contributed by atoms with E-state index in [9.17, 15) is 19.2 Å². The molecule has 22 heavy (non-hydrogen) atoms. The lowest BCUT2D eigenvalue weighted by atomic mass is 10.1. The van der Waals surface area contributed by atoms with Crippen LogP contribution in [0.5, 0.6) is 0 Å². The minimum atomic E-state index is -0.995. The maximum Gasteiger partial charge on any atom is 0.437 e. The second-order valence-corrected chi connectivity index (χ2v) is 4.46. The third-order valence-corrected chi connectivity index (χ3v) is 2.94. The molecule has 1 aliphatic rings. The highest BCUT2D eigenvalue weighted by molar-refractivity contribution is 6.20. The summed E-state index contributed by atoms with van der Waals surface area (Å²) in [5.74, 6) is -3.23. The zero-order valence-electron chi connectivity index (χ0n) is 11.3. The number of benzene rings is 1. The molecule has 2 aromatic rings. The van der Waals surface area contributed by atoms with E-state index in [1.54, 1.807) is 12.1 Å². The van der Waals surface area contributed by atoms with Crippen molar-refractivity contribution in [3.63, 3.8) is 0 Å². The van der Waals surface area contributed by atoms with Crippen molar-refractivity contribution in [2.24, 2.45) is 0 Å². The molecule has 0 saturated carbocycles. The van der Waals surface area contributed by atoms with Gasteiger partial charge in [0.1, 0.15) is 6.54 Å². The summed E-state index contributed by atoms with van der Waals surface area (Å²) in [6.07, 6.45) is 0. The van der Waals surface area contributed by atoms with Gasteiger partial charge in [-0.2, -0.15) is 4.68 Å². The van der Waals surface area contributed by atoms with Gasteiger partial charge >= 0.3 is 11.7 Å². The van der Waals surface area contributed by atoms with Crippen LogP contribution in [-0.4, -0.2) is 32.6 Å². The second-order valence-electron chi connectivity index (χ2n) is 4.46. The van der Waals surface area contributed by atoms with Gasteiger partial charge in [0, 0.05) is 6.92 Å². The molecular formula is C13H9N3O6. The Kier molecular flexibility index (Phi) is 3.09. The van der Waals surface area contributed by atoms with Gasteiger partial charge in [0.15, 0.2) is 0 Å². The Hall–Kier alpha value is -3.23. The van der Waals surface area contributed by atoms with E-state index < -0.39 is 30.1 Å². The Morgan fingerprint density at radius 3 is 2.27 bits per heavy atom. The Balaban J connectivity index is 1.76. The van der Waals surface area contributed by atoms with E-state index in [0.29, 0.717) is 5.06 Å². The summed E-state index contributed by atoms with van der Waals surface area (Å²) in [5, 5.41) is 4.02. The molecule has 1 aromatic carbocycles. The number of fused-ring (bicyclic) bond motifs is 1. The molecule has 1 aliphatic heterocycles.